The zero-order chi connectivity index (χ0) is 13.8. The van der Waals surface area contributed by atoms with Gasteiger partial charge in [0.15, 0.2) is 0 Å². The summed E-state index contributed by atoms with van der Waals surface area (Å²) in [6.07, 6.45) is 5.58. The summed E-state index contributed by atoms with van der Waals surface area (Å²) in [5.74, 6) is 0. The Kier molecular flexibility index (Phi) is 3.67. The summed E-state index contributed by atoms with van der Waals surface area (Å²) in [5, 5.41) is 16.9. The van der Waals surface area contributed by atoms with Gasteiger partial charge in [-0.1, -0.05) is 23.4 Å². The number of benzene rings is 1. The van der Waals surface area contributed by atoms with Crippen LogP contribution in [0.2, 0.25) is 0 Å². The summed E-state index contributed by atoms with van der Waals surface area (Å²) in [6, 6.07) is 10.1. The average Bonchev–Trinajstić information content (AvgIpc) is 2.94. The highest BCUT2D eigenvalue weighted by Gasteiger charge is 2.19. The Bertz CT molecular complexity index is 592. The van der Waals surface area contributed by atoms with E-state index in [1.807, 2.05) is 35.1 Å². The van der Waals surface area contributed by atoms with Gasteiger partial charge in [0.05, 0.1) is 12.3 Å². The van der Waals surface area contributed by atoms with E-state index >= 15 is 0 Å². The monoisotopic (exact) mass is 270 g/mol. The molecule has 5 nitrogen and oxygen atoms in total. The Morgan fingerprint density at radius 2 is 2.10 bits per heavy atom. The standard InChI is InChI=1S/C15H18N4O/c20-17-14-6-3-9-18(11-12-19-10-4-8-16-19)15-7-2-1-5-13(14)15/h1-2,4-5,7-8,10,20H,3,6,9,11-12H2/b17-14-. The molecule has 0 bridgehead atoms. The first kappa shape index (κ1) is 12.7. The number of oxime groups is 1. The van der Waals surface area contributed by atoms with Crippen LogP contribution in [0.1, 0.15) is 18.4 Å². The van der Waals surface area contributed by atoms with Crippen LogP contribution in [0, 0.1) is 0 Å². The largest absolute Gasteiger partial charge is 0.411 e. The predicted molar refractivity (Wildman–Crippen MR) is 78.4 cm³/mol. The van der Waals surface area contributed by atoms with Crippen molar-refractivity contribution in [1.29, 1.82) is 0 Å². The van der Waals surface area contributed by atoms with E-state index in [0.29, 0.717) is 0 Å². The number of nitrogens with zero attached hydrogens (tertiary/aromatic N) is 4. The van der Waals surface area contributed by atoms with Crippen LogP contribution in [0.5, 0.6) is 0 Å². The summed E-state index contributed by atoms with van der Waals surface area (Å²) in [5.41, 5.74) is 2.96. The molecule has 20 heavy (non-hydrogen) atoms. The van der Waals surface area contributed by atoms with Crippen molar-refractivity contribution < 1.29 is 5.21 Å². The minimum Gasteiger partial charge on any atom is -0.411 e. The van der Waals surface area contributed by atoms with Gasteiger partial charge in [-0.25, -0.2) is 0 Å². The minimum atomic E-state index is 0.780. The van der Waals surface area contributed by atoms with Crippen LogP contribution in [0.4, 0.5) is 5.69 Å². The molecule has 2 aromatic rings. The second-order valence-electron chi connectivity index (χ2n) is 4.92. The lowest BCUT2D eigenvalue weighted by molar-refractivity contribution is 0.318. The van der Waals surface area contributed by atoms with Gasteiger partial charge in [-0.2, -0.15) is 5.10 Å². The topological polar surface area (TPSA) is 53.7 Å². The van der Waals surface area contributed by atoms with Crippen molar-refractivity contribution in [2.45, 2.75) is 19.4 Å². The number of hydrogen-bond acceptors (Lipinski definition) is 4. The Labute approximate surface area is 118 Å². The number of anilines is 1. The van der Waals surface area contributed by atoms with E-state index in [9.17, 15) is 5.21 Å². The molecule has 0 radical (unpaired) electrons. The first-order valence-corrected chi connectivity index (χ1v) is 6.91. The van der Waals surface area contributed by atoms with Gasteiger partial charge in [-0.3, -0.25) is 4.68 Å². The zero-order valence-corrected chi connectivity index (χ0v) is 11.3. The lowest BCUT2D eigenvalue weighted by atomic mass is 10.1. The normalized spacial score (nSPS) is 17.0. The molecular weight excluding hydrogens is 252 g/mol. The molecule has 1 N–H and O–H groups in total. The van der Waals surface area contributed by atoms with Crippen molar-refractivity contribution in [1.82, 2.24) is 9.78 Å². The number of hydrogen-bond donors (Lipinski definition) is 1. The minimum absolute atomic E-state index is 0.780. The molecule has 0 unspecified atom stereocenters. The third-order valence-corrected chi connectivity index (χ3v) is 3.68. The van der Waals surface area contributed by atoms with E-state index in [1.54, 1.807) is 6.20 Å². The highest BCUT2D eigenvalue weighted by Crippen LogP contribution is 2.26. The van der Waals surface area contributed by atoms with E-state index < -0.39 is 0 Å². The summed E-state index contributed by atoms with van der Waals surface area (Å²) < 4.78 is 1.94. The SMILES string of the molecule is O/N=C1/CCCN(CCn2cccn2)c2ccccc21. The molecule has 2 heterocycles. The molecule has 3 rings (SSSR count). The third-order valence-electron chi connectivity index (χ3n) is 3.68. The molecule has 104 valence electrons. The van der Waals surface area contributed by atoms with Crippen molar-refractivity contribution >= 4 is 11.4 Å². The van der Waals surface area contributed by atoms with E-state index in [1.165, 1.54) is 0 Å². The molecule has 1 aliphatic heterocycles. The smallest absolute Gasteiger partial charge is 0.0889 e. The van der Waals surface area contributed by atoms with Crippen LogP contribution in [0.25, 0.3) is 0 Å². The highest BCUT2D eigenvalue weighted by molar-refractivity contribution is 6.05. The van der Waals surface area contributed by atoms with Crippen molar-refractivity contribution in [3.63, 3.8) is 0 Å². The predicted octanol–water partition coefficient (Wildman–Crippen LogP) is 2.36. The van der Waals surface area contributed by atoms with E-state index in [-0.39, 0.29) is 0 Å². The third kappa shape index (κ3) is 2.52. The maximum absolute atomic E-state index is 9.18. The molecule has 0 amide bonds. The zero-order valence-electron chi connectivity index (χ0n) is 11.3. The first-order chi connectivity index (χ1) is 9.88. The fraction of sp³-hybridized carbons (Fsp3) is 0.333. The number of rotatable bonds is 3. The number of para-hydroxylation sites is 1. The lowest BCUT2D eigenvalue weighted by Gasteiger charge is -2.24. The lowest BCUT2D eigenvalue weighted by Crippen LogP contribution is -2.28. The summed E-state index contributed by atoms with van der Waals surface area (Å²) in [6.45, 7) is 2.72. The van der Waals surface area contributed by atoms with Gasteiger partial charge in [0.1, 0.15) is 0 Å². The van der Waals surface area contributed by atoms with Crippen LogP contribution in [0.15, 0.2) is 47.9 Å². The second kappa shape index (κ2) is 5.77. The highest BCUT2D eigenvalue weighted by atomic mass is 16.4. The Hall–Kier alpha value is -2.30. The quantitative estimate of drug-likeness (QED) is 0.688. The number of aromatic nitrogens is 2. The molecule has 5 heteroatoms. The molecule has 1 aromatic carbocycles. The van der Waals surface area contributed by atoms with Crippen LogP contribution in [0.3, 0.4) is 0 Å². The van der Waals surface area contributed by atoms with Gasteiger partial charge >= 0.3 is 0 Å². The van der Waals surface area contributed by atoms with Crippen molar-refractivity contribution in [2.24, 2.45) is 5.16 Å². The number of fused-ring (bicyclic) bond motifs is 1. The Morgan fingerprint density at radius 3 is 2.90 bits per heavy atom. The molecule has 0 saturated heterocycles. The maximum atomic E-state index is 9.18. The van der Waals surface area contributed by atoms with Gasteiger partial charge in [0.25, 0.3) is 0 Å². The fourth-order valence-corrected chi connectivity index (χ4v) is 2.68. The summed E-state index contributed by atoms with van der Waals surface area (Å²) in [4.78, 5) is 2.34. The van der Waals surface area contributed by atoms with Crippen molar-refractivity contribution in [2.75, 3.05) is 18.0 Å². The van der Waals surface area contributed by atoms with E-state index in [2.05, 4.69) is 21.2 Å². The molecular formula is C15H18N4O. The Morgan fingerprint density at radius 1 is 1.20 bits per heavy atom. The molecule has 0 atom stereocenters. The van der Waals surface area contributed by atoms with Gasteiger partial charge in [-0.05, 0) is 25.0 Å². The fourth-order valence-electron chi connectivity index (χ4n) is 2.68. The van der Waals surface area contributed by atoms with Crippen LogP contribution >= 0.6 is 0 Å². The average molecular weight is 270 g/mol. The summed E-state index contributed by atoms with van der Waals surface area (Å²) in [7, 11) is 0. The van der Waals surface area contributed by atoms with Gasteiger partial charge in [0, 0.05) is 36.7 Å². The molecule has 0 aliphatic carbocycles. The van der Waals surface area contributed by atoms with Crippen molar-refractivity contribution in [3.8, 4) is 0 Å². The molecule has 0 fully saturated rings. The molecule has 0 spiro atoms. The van der Waals surface area contributed by atoms with Crippen molar-refractivity contribution in [3.05, 3.63) is 48.3 Å². The molecule has 0 saturated carbocycles. The second-order valence-corrected chi connectivity index (χ2v) is 4.92. The maximum Gasteiger partial charge on any atom is 0.0889 e. The van der Waals surface area contributed by atoms with Gasteiger partial charge in [0.2, 0.25) is 0 Å². The van der Waals surface area contributed by atoms with Crippen LogP contribution in [-0.4, -0.2) is 33.8 Å². The van der Waals surface area contributed by atoms with Crippen LogP contribution < -0.4 is 4.90 Å². The van der Waals surface area contributed by atoms with Gasteiger partial charge < -0.3 is 10.1 Å². The van der Waals surface area contributed by atoms with E-state index in [4.69, 9.17) is 0 Å². The van der Waals surface area contributed by atoms with Gasteiger partial charge in [-0.15, -0.1) is 0 Å². The molecule has 1 aromatic heterocycles. The van der Waals surface area contributed by atoms with E-state index in [0.717, 1.165) is 49.4 Å². The summed E-state index contributed by atoms with van der Waals surface area (Å²) >= 11 is 0. The molecule has 1 aliphatic rings. The Balaban J connectivity index is 1.84. The first-order valence-electron chi connectivity index (χ1n) is 6.91. The van der Waals surface area contributed by atoms with Crippen LogP contribution in [-0.2, 0) is 6.54 Å².